The van der Waals surface area contributed by atoms with Crippen molar-refractivity contribution in [3.05, 3.63) is 0 Å². The highest BCUT2D eigenvalue weighted by Gasteiger charge is 2.31. The van der Waals surface area contributed by atoms with E-state index in [9.17, 15) is 0 Å². The minimum Gasteiger partial charge on any atom is -0.417 e. The van der Waals surface area contributed by atoms with Crippen molar-refractivity contribution >= 4 is 8.32 Å². The van der Waals surface area contributed by atoms with Gasteiger partial charge >= 0.3 is 0 Å². The van der Waals surface area contributed by atoms with Crippen molar-refractivity contribution < 1.29 is 4.43 Å². The first kappa shape index (κ1) is 16.2. The van der Waals surface area contributed by atoms with Crippen LogP contribution in [0.5, 0.6) is 0 Å². The third-order valence-electron chi connectivity index (χ3n) is 3.51. The lowest BCUT2D eigenvalue weighted by molar-refractivity contribution is 0.0988. The Labute approximate surface area is 104 Å². The van der Waals surface area contributed by atoms with Crippen LogP contribution in [0.15, 0.2) is 0 Å². The van der Waals surface area contributed by atoms with Gasteiger partial charge in [0.15, 0.2) is 8.32 Å². The second-order valence-corrected chi connectivity index (χ2v) is 11.8. The summed E-state index contributed by atoms with van der Waals surface area (Å²) in [6.45, 7) is 19.4. The fraction of sp³-hybridized carbons (Fsp3) is 1.00. The molecular formula is C14H32OSi. The summed E-state index contributed by atoms with van der Waals surface area (Å²) < 4.78 is 6.07. The molecule has 0 saturated carbocycles. The molecule has 0 aromatic heterocycles. The predicted octanol–water partition coefficient (Wildman–Crippen LogP) is 5.08. The molecule has 16 heavy (non-hydrogen) atoms. The molecule has 2 heteroatoms. The first-order chi connectivity index (χ1) is 7.04. The number of hydrogen-bond donors (Lipinski definition) is 0. The average molecular weight is 244 g/mol. The normalized spacial score (nSPS) is 14.2. The summed E-state index contributed by atoms with van der Waals surface area (Å²) in [6, 6.07) is 0. The van der Waals surface area contributed by atoms with Crippen molar-refractivity contribution in [1.29, 1.82) is 0 Å². The quantitative estimate of drug-likeness (QED) is 0.567. The van der Waals surface area contributed by atoms with Gasteiger partial charge in [0.25, 0.3) is 0 Å². The van der Waals surface area contributed by atoms with E-state index in [1.54, 1.807) is 0 Å². The molecular weight excluding hydrogens is 212 g/mol. The summed E-state index contributed by atoms with van der Waals surface area (Å²) in [7, 11) is -1.36. The molecule has 0 fully saturated rings. The van der Waals surface area contributed by atoms with Crippen LogP contribution in [0.3, 0.4) is 0 Å². The molecule has 0 radical (unpaired) electrons. The zero-order valence-corrected chi connectivity index (χ0v) is 13.7. The molecule has 0 amide bonds. The molecule has 0 aliphatic rings. The van der Waals surface area contributed by atoms with Gasteiger partial charge in [0, 0.05) is 6.61 Å². The van der Waals surface area contributed by atoms with E-state index in [-0.39, 0.29) is 0 Å². The lowest BCUT2D eigenvalue weighted by Gasteiger charge is -2.37. The third-order valence-corrected chi connectivity index (χ3v) is 4.52. The molecule has 0 spiro atoms. The van der Waals surface area contributed by atoms with Crippen LogP contribution in [0.4, 0.5) is 0 Å². The maximum absolute atomic E-state index is 6.07. The minimum absolute atomic E-state index is 0.307. The maximum atomic E-state index is 6.07. The minimum atomic E-state index is -1.36. The Morgan fingerprint density at radius 3 is 1.69 bits per heavy atom. The highest BCUT2D eigenvalue weighted by Crippen LogP contribution is 2.39. The van der Waals surface area contributed by atoms with Gasteiger partial charge in [0.2, 0.25) is 0 Å². The molecule has 0 heterocycles. The number of rotatable bonds is 7. The molecule has 0 unspecified atom stereocenters. The van der Waals surface area contributed by atoms with E-state index in [1.165, 1.54) is 19.3 Å². The van der Waals surface area contributed by atoms with Gasteiger partial charge in [0.05, 0.1) is 0 Å². The van der Waals surface area contributed by atoms with Gasteiger partial charge in [-0.15, -0.1) is 0 Å². The fourth-order valence-corrected chi connectivity index (χ4v) is 2.94. The summed E-state index contributed by atoms with van der Waals surface area (Å²) in [5.41, 5.74) is 0.785. The summed E-state index contributed by atoms with van der Waals surface area (Å²) >= 11 is 0. The second-order valence-electron chi connectivity index (χ2n) is 7.26. The van der Waals surface area contributed by atoms with E-state index < -0.39 is 8.32 Å². The van der Waals surface area contributed by atoms with E-state index in [0.717, 1.165) is 6.61 Å². The number of hydrogen-bond acceptors (Lipinski definition) is 1. The maximum Gasteiger partial charge on any atom is 0.183 e. The zero-order valence-electron chi connectivity index (χ0n) is 12.7. The van der Waals surface area contributed by atoms with Crippen molar-refractivity contribution in [2.75, 3.05) is 6.61 Å². The summed E-state index contributed by atoms with van der Waals surface area (Å²) in [6.07, 6.45) is 3.79. The van der Waals surface area contributed by atoms with Crippen molar-refractivity contribution in [3.8, 4) is 0 Å². The van der Waals surface area contributed by atoms with Crippen molar-refractivity contribution in [3.63, 3.8) is 0 Å². The SMILES string of the molecule is CCC(C)(CC)CC(C)(C)CO[Si](C)(C)C. The molecule has 98 valence electrons. The van der Waals surface area contributed by atoms with Gasteiger partial charge < -0.3 is 4.43 Å². The van der Waals surface area contributed by atoms with E-state index in [2.05, 4.69) is 54.3 Å². The Morgan fingerprint density at radius 2 is 1.38 bits per heavy atom. The van der Waals surface area contributed by atoms with Crippen LogP contribution in [0.2, 0.25) is 19.6 Å². The Kier molecular flexibility index (Phi) is 5.74. The predicted molar refractivity (Wildman–Crippen MR) is 76.4 cm³/mol. The lowest BCUT2D eigenvalue weighted by Crippen LogP contribution is -2.34. The molecule has 0 rings (SSSR count). The molecule has 0 aliphatic heterocycles. The van der Waals surface area contributed by atoms with Gasteiger partial charge in [-0.1, -0.05) is 47.5 Å². The van der Waals surface area contributed by atoms with Crippen molar-refractivity contribution in [2.45, 2.75) is 73.5 Å². The third kappa shape index (κ3) is 6.69. The van der Waals surface area contributed by atoms with Crippen LogP contribution in [-0.4, -0.2) is 14.9 Å². The van der Waals surface area contributed by atoms with Gasteiger partial charge in [-0.05, 0) is 36.9 Å². The van der Waals surface area contributed by atoms with Crippen molar-refractivity contribution in [2.24, 2.45) is 10.8 Å². The van der Waals surface area contributed by atoms with Gasteiger partial charge in [0.1, 0.15) is 0 Å². The summed E-state index contributed by atoms with van der Waals surface area (Å²) in [4.78, 5) is 0. The van der Waals surface area contributed by atoms with E-state index in [4.69, 9.17) is 4.43 Å². The molecule has 0 aromatic carbocycles. The highest BCUT2D eigenvalue weighted by atomic mass is 28.4. The Balaban J connectivity index is 4.34. The van der Waals surface area contributed by atoms with Gasteiger partial charge in [-0.3, -0.25) is 0 Å². The molecule has 0 aliphatic carbocycles. The Hall–Kier alpha value is 0.177. The first-order valence-corrected chi connectivity index (χ1v) is 10.1. The largest absolute Gasteiger partial charge is 0.417 e. The van der Waals surface area contributed by atoms with Crippen LogP contribution >= 0.6 is 0 Å². The van der Waals surface area contributed by atoms with Gasteiger partial charge in [-0.25, -0.2) is 0 Å². The topological polar surface area (TPSA) is 9.23 Å². The van der Waals surface area contributed by atoms with Gasteiger partial charge in [-0.2, -0.15) is 0 Å². The van der Waals surface area contributed by atoms with Crippen LogP contribution < -0.4 is 0 Å². The van der Waals surface area contributed by atoms with Crippen LogP contribution in [0.25, 0.3) is 0 Å². The second kappa shape index (κ2) is 5.68. The van der Waals surface area contributed by atoms with Crippen molar-refractivity contribution in [1.82, 2.24) is 0 Å². The highest BCUT2D eigenvalue weighted by molar-refractivity contribution is 6.69. The van der Waals surface area contributed by atoms with E-state index in [1.807, 2.05) is 0 Å². The average Bonchev–Trinajstić information content (AvgIpc) is 2.13. The summed E-state index contributed by atoms with van der Waals surface area (Å²) in [5, 5.41) is 0. The lowest BCUT2D eigenvalue weighted by atomic mass is 9.71. The standard InChI is InChI=1S/C14H32OSi/c1-9-14(5,10-2)11-13(3,4)12-15-16(6,7)8/h9-12H2,1-8H3. The van der Waals surface area contributed by atoms with E-state index in [0.29, 0.717) is 10.8 Å². The molecule has 0 atom stereocenters. The molecule has 1 nitrogen and oxygen atoms in total. The molecule has 0 bridgehead atoms. The molecule has 0 aromatic rings. The smallest absolute Gasteiger partial charge is 0.183 e. The zero-order chi connectivity index (χ0) is 13.0. The molecule has 0 N–H and O–H groups in total. The van der Waals surface area contributed by atoms with Crippen LogP contribution in [-0.2, 0) is 4.43 Å². The summed E-state index contributed by atoms with van der Waals surface area (Å²) in [5.74, 6) is 0. The Morgan fingerprint density at radius 1 is 0.938 bits per heavy atom. The van der Waals surface area contributed by atoms with E-state index >= 15 is 0 Å². The monoisotopic (exact) mass is 244 g/mol. The van der Waals surface area contributed by atoms with Crippen LogP contribution in [0, 0.1) is 10.8 Å². The van der Waals surface area contributed by atoms with Crippen LogP contribution in [0.1, 0.15) is 53.9 Å². The Bertz CT molecular complexity index is 199. The fourth-order valence-electron chi connectivity index (χ4n) is 2.12. The first-order valence-electron chi connectivity index (χ1n) is 6.67. The molecule has 0 saturated heterocycles.